The second-order valence-corrected chi connectivity index (χ2v) is 3.98. The van der Waals surface area contributed by atoms with Gasteiger partial charge >= 0.3 is 0 Å². The van der Waals surface area contributed by atoms with Crippen LogP contribution in [0.3, 0.4) is 0 Å². The molecule has 0 bridgehead atoms. The van der Waals surface area contributed by atoms with Crippen LogP contribution in [0.2, 0.25) is 0 Å². The molecule has 6 nitrogen and oxygen atoms in total. The van der Waals surface area contributed by atoms with Crippen LogP contribution in [0, 0.1) is 0 Å². The molecular formula is C11H18N6. The van der Waals surface area contributed by atoms with E-state index in [4.69, 9.17) is 5.73 Å². The zero-order valence-corrected chi connectivity index (χ0v) is 10.2. The number of aromatic nitrogens is 5. The number of nitrogens with zero attached hydrogens (tertiary/aromatic N) is 5. The van der Waals surface area contributed by atoms with Crippen molar-refractivity contribution in [3.05, 3.63) is 30.1 Å². The van der Waals surface area contributed by atoms with Crippen LogP contribution in [0.4, 0.5) is 0 Å². The maximum Gasteiger partial charge on any atom is 0.148 e. The van der Waals surface area contributed by atoms with Crippen LogP contribution < -0.4 is 5.73 Å². The van der Waals surface area contributed by atoms with Gasteiger partial charge in [-0.2, -0.15) is 10.2 Å². The minimum atomic E-state index is 0.0628. The van der Waals surface area contributed by atoms with Gasteiger partial charge in [0.25, 0.3) is 0 Å². The Balaban J connectivity index is 2.11. The van der Waals surface area contributed by atoms with Gasteiger partial charge in [0.2, 0.25) is 0 Å². The van der Waals surface area contributed by atoms with E-state index in [2.05, 4.69) is 22.1 Å². The van der Waals surface area contributed by atoms with Crippen molar-refractivity contribution in [3.63, 3.8) is 0 Å². The van der Waals surface area contributed by atoms with Gasteiger partial charge in [-0.1, -0.05) is 6.92 Å². The van der Waals surface area contributed by atoms with Gasteiger partial charge in [-0.25, -0.2) is 9.67 Å². The Morgan fingerprint density at radius 3 is 2.88 bits per heavy atom. The van der Waals surface area contributed by atoms with E-state index in [9.17, 15) is 0 Å². The van der Waals surface area contributed by atoms with Gasteiger partial charge in [0.1, 0.15) is 18.7 Å². The van der Waals surface area contributed by atoms with Gasteiger partial charge in [0, 0.05) is 24.3 Å². The van der Waals surface area contributed by atoms with Gasteiger partial charge in [-0.3, -0.25) is 4.68 Å². The minimum Gasteiger partial charge on any atom is -0.324 e. The van der Waals surface area contributed by atoms with Gasteiger partial charge in [-0.15, -0.1) is 0 Å². The molecule has 17 heavy (non-hydrogen) atoms. The van der Waals surface area contributed by atoms with E-state index >= 15 is 0 Å². The van der Waals surface area contributed by atoms with Crippen molar-refractivity contribution in [2.45, 2.75) is 39.4 Å². The smallest absolute Gasteiger partial charge is 0.148 e. The molecule has 0 spiro atoms. The lowest BCUT2D eigenvalue weighted by molar-refractivity contribution is 0.567. The van der Waals surface area contributed by atoms with Crippen LogP contribution >= 0.6 is 0 Å². The van der Waals surface area contributed by atoms with Crippen LogP contribution in [0.15, 0.2) is 18.7 Å². The highest BCUT2D eigenvalue weighted by Gasteiger charge is 2.08. The fourth-order valence-corrected chi connectivity index (χ4v) is 1.71. The number of aryl methyl sites for hydroxylation is 1. The molecule has 0 saturated carbocycles. The minimum absolute atomic E-state index is 0.0628. The summed E-state index contributed by atoms with van der Waals surface area (Å²) < 4.78 is 3.71. The highest BCUT2D eigenvalue weighted by Crippen LogP contribution is 2.12. The molecule has 0 amide bonds. The summed E-state index contributed by atoms with van der Waals surface area (Å²) >= 11 is 0. The standard InChI is InChI=1S/C11H18N6/c1-3-10(12)9-5-14-16(6-9)7-11-13-8-15-17(11)4-2/h5-6,8,10H,3-4,7,12H2,1-2H3. The molecule has 2 aromatic rings. The molecule has 0 aliphatic carbocycles. The average Bonchev–Trinajstić information content (AvgIpc) is 2.97. The van der Waals surface area contributed by atoms with Crippen LogP contribution in [0.5, 0.6) is 0 Å². The second-order valence-electron chi connectivity index (χ2n) is 3.98. The van der Waals surface area contributed by atoms with E-state index < -0.39 is 0 Å². The molecule has 0 aromatic carbocycles. The molecule has 6 heteroatoms. The quantitative estimate of drug-likeness (QED) is 0.836. The maximum atomic E-state index is 5.95. The van der Waals surface area contributed by atoms with Crippen molar-refractivity contribution in [2.24, 2.45) is 5.73 Å². The molecule has 2 aromatic heterocycles. The molecule has 1 atom stereocenters. The molecule has 2 N–H and O–H groups in total. The third-order valence-electron chi connectivity index (χ3n) is 2.82. The Hall–Kier alpha value is -1.69. The predicted octanol–water partition coefficient (Wildman–Crippen LogP) is 0.953. The first-order chi connectivity index (χ1) is 8.24. The van der Waals surface area contributed by atoms with Crippen molar-refractivity contribution in [1.82, 2.24) is 24.5 Å². The predicted molar refractivity (Wildman–Crippen MR) is 64.2 cm³/mol. The monoisotopic (exact) mass is 234 g/mol. The zero-order chi connectivity index (χ0) is 12.3. The number of hydrogen-bond acceptors (Lipinski definition) is 4. The van der Waals surface area contributed by atoms with Crippen molar-refractivity contribution < 1.29 is 0 Å². The molecule has 92 valence electrons. The van der Waals surface area contributed by atoms with E-state index in [0.717, 1.165) is 24.4 Å². The molecule has 2 heterocycles. The summed E-state index contributed by atoms with van der Waals surface area (Å²) in [6.45, 7) is 5.55. The fourth-order valence-electron chi connectivity index (χ4n) is 1.71. The zero-order valence-electron chi connectivity index (χ0n) is 10.2. The van der Waals surface area contributed by atoms with E-state index in [1.165, 1.54) is 0 Å². The molecular weight excluding hydrogens is 216 g/mol. The van der Waals surface area contributed by atoms with Crippen molar-refractivity contribution >= 4 is 0 Å². The Kier molecular flexibility index (Phi) is 3.53. The van der Waals surface area contributed by atoms with Gasteiger partial charge in [0.15, 0.2) is 0 Å². The SMILES string of the molecule is CCC(N)c1cnn(Cc2ncnn2CC)c1. The maximum absolute atomic E-state index is 5.95. The van der Waals surface area contributed by atoms with Crippen molar-refractivity contribution in [1.29, 1.82) is 0 Å². The first-order valence-corrected chi connectivity index (χ1v) is 5.89. The summed E-state index contributed by atoms with van der Waals surface area (Å²) in [5, 5.41) is 8.42. The summed E-state index contributed by atoms with van der Waals surface area (Å²) in [6.07, 6.45) is 6.28. The van der Waals surface area contributed by atoms with E-state index in [-0.39, 0.29) is 6.04 Å². The summed E-state index contributed by atoms with van der Waals surface area (Å²) in [5.41, 5.74) is 7.02. The van der Waals surface area contributed by atoms with Crippen molar-refractivity contribution in [2.75, 3.05) is 0 Å². The Morgan fingerprint density at radius 1 is 1.35 bits per heavy atom. The summed E-state index contributed by atoms with van der Waals surface area (Å²) in [7, 11) is 0. The first kappa shape index (κ1) is 11.8. The van der Waals surface area contributed by atoms with Gasteiger partial charge < -0.3 is 5.73 Å². The van der Waals surface area contributed by atoms with Crippen LogP contribution in [0.25, 0.3) is 0 Å². The number of rotatable bonds is 5. The van der Waals surface area contributed by atoms with Crippen LogP contribution in [-0.2, 0) is 13.1 Å². The molecule has 0 fully saturated rings. The molecule has 0 saturated heterocycles. The summed E-state index contributed by atoms with van der Waals surface area (Å²) in [6, 6.07) is 0.0628. The highest BCUT2D eigenvalue weighted by molar-refractivity contribution is 5.09. The van der Waals surface area contributed by atoms with Crippen molar-refractivity contribution in [3.8, 4) is 0 Å². The molecule has 2 rings (SSSR count). The summed E-state index contributed by atoms with van der Waals surface area (Å²) in [5.74, 6) is 0.909. The Labute approximate surface area is 100 Å². The molecule has 0 aliphatic rings. The van der Waals surface area contributed by atoms with E-state index in [0.29, 0.717) is 6.54 Å². The second kappa shape index (κ2) is 5.09. The Bertz CT molecular complexity index is 472. The lowest BCUT2D eigenvalue weighted by Crippen LogP contribution is -2.10. The largest absolute Gasteiger partial charge is 0.324 e. The molecule has 0 aliphatic heterocycles. The van der Waals surface area contributed by atoms with Crippen LogP contribution in [0.1, 0.15) is 37.7 Å². The van der Waals surface area contributed by atoms with E-state index in [1.807, 2.05) is 28.7 Å². The van der Waals surface area contributed by atoms with E-state index in [1.54, 1.807) is 6.33 Å². The third-order valence-corrected chi connectivity index (χ3v) is 2.82. The average molecular weight is 234 g/mol. The first-order valence-electron chi connectivity index (χ1n) is 5.89. The summed E-state index contributed by atoms with van der Waals surface area (Å²) in [4.78, 5) is 4.22. The Morgan fingerprint density at radius 2 is 2.18 bits per heavy atom. The lowest BCUT2D eigenvalue weighted by atomic mass is 10.1. The topological polar surface area (TPSA) is 74.6 Å². The third kappa shape index (κ3) is 2.52. The lowest BCUT2D eigenvalue weighted by Gasteiger charge is -2.04. The normalized spacial score (nSPS) is 12.9. The van der Waals surface area contributed by atoms with Gasteiger partial charge in [0.05, 0.1) is 6.20 Å². The number of nitrogens with two attached hydrogens (primary N) is 1. The van der Waals surface area contributed by atoms with Crippen LogP contribution in [-0.4, -0.2) is 24.5 Å². The fraction of sp³-hybridized carbons (Fsp3) is 0.545. The highest BCUT2D eigenvalue weighted by atomic mass is 15.4. The number of hydrogen-bond donors (Lipinski definition) is 1. The molecule has 0 radical (unpaired) electrons. The molecule has 1 unspecified atom stereocenters. The van der Waals surface area contributed by atoms with Gasteiger partial charge in [-0.05, 0) is 13.3 Å².